The first-order valence-corrected chi connectivity index (χ1v) is 7.04. The summed E-state index contributed by atoms with van der Waals surface area (Å²) < 4.78 is 16.4. The topological polar surface area (TPSA) is 53.5 Å². The molecule has 0 radical (unpaired) electrons. The van der Waals surface area contributed by atoms with Crippen LogP contribution in [0.3, 0.4) is 0 Å². The van der Waals surface area contributed by atoms with Gasteiger partial charge in [0, 0.05) is 17.5 Å². The second-order valence-corrected chi connectivity index (χ2v) is 5.43. The molecule has 0 bridgehead atoms. The van der Waals surface area contributed by atoms with Gasteiger partial charge in [-0.1, -0.05) is 25.4 Å². The minimum atomic E-state index is 0.169. The molecule has 0 unspecified atom stereocenters. The van der Waals surface area contributed by atoms with E-state index in [9.17, 15) is 0 Å². The third-order valence-electron chi connectivity index (χ3n) is 3.13. The van der Waals surface area contributed by atoms with Crippen LogP contribution in [0.15, 0.2) is 18.2 Å². The molecule has 3 rings (SSSR count). The zero-order chi connectivity index (χ0) is 15.0. The Morgan fingerprint density at radius 3 is 2.71 bits per heavy atom. The summed E-state index contributed by atoms with van der Waals surface area (Å²) in [5.41, 5.74) is 0.707. The molecule has 5 nitrogen and oxygen atoms in total. The van der Waals surface area contributed by atoms with Crippen molar-refractivity contribution in [3.8, 4) is 23.1 Å². The highest BCUT2D eigenvalue weighted by Gasteiger charge is 2.17. The fourth-order valence-corrected chi connectivity index (χ4v) is 2.06. The van der Waals surface area contributed by atoms with Crippen LogP contribution in [0.1, 0.15) is 31.2 Å². The summed E-state index contributed by atoms with van der Waals surface area (Å²) in [6, 6.07) is 5.38. The van der Waals surface area contributed by atoms with E-state index in [1.165, 1.54) is 0 Å². The van der Waals surface area contributed by atoms with Gasteiger partial charge >= 0.3 is 0 Å². The van der Waals surface area contributed by atoms with E-state index in [1.54, 1.807) is 18.2 Å². The van der Waals surface area contributed by atoms with Gasteiger partial charge in [-0.25, -0.2) is 4.98 Å². The van der Waals surface area contributed by atoms with E-state index in [0.29, 0.717) is 39.7 Å². The number of benzene rings is 1. The third-order valence-corrected chi connectivity index (χ3v) is 3.50. The molecular formula is C15H15ClN2O3. The molecule has 0 fully saturated rings. The Hall–Kier alpha value is -2.01. The first-order valence-electron chi connectivity index (χ1n) is 6.66. The molecule has 21 heavy (non-hydrogen) atoms. The molecule has 2 aromatic rings. The van der Waals surface area contributed by atoms with E-state index in [0.717, 1.165) is 0 Å². The average molecular weight is 307 g/mol. The van der Waals surface area contributed by atoms with Crippen LogP contribution in [0.5, 0.6) is 23.1 Å². The summed E-state index contributed by atoms with van der Waals surface area (Å²) in [5.74, 6) is 3.27. The van der Waals surface area contributed by atoms with Crippen molar-refractivity contribution in [3.05, 3.63) is 34.7 Å². The van der Waals surface area contributed by atoms with Crippen molar-refractivity contribution in [1.82, 2.24) is 9.97 Å². The van der Waals surface area contributed by atoms with Gasteiger partial charge in [0.25, 0.3) is 0 Å². The lowest BCUT2D eigenvalue weighted by atomic mass is 10.2. The minimum absolute atomic E-state index is 0.169. The van der Waals surface area contributed by atoms with Crippen LogP contribution in [-0.4, -0.2) is 16.8 Å². The summed E-state index contributed by atoms with van der Waals surface area (Å²) in [7, 11) is 0. The summed E-state index contributed by atoms with van der Waals surface area (Å²) in [5, 5.41) is 0.407. The lowest BCUT2D eigenvalue weighted by molar-refractivity contribution is 0.174. The van der Waals surface area contributed by atoms with Crippen molar-refractivity contribution in [2.75, 3.05) is 6.79 Å². The average Bonchev–Trinajstić information content (AvgIpc) is 2.91. The number of ether oxygens (including phenoxy) is 3. The van der Waals surface area contributed by atoms with Gasteiger partial charge in [0.15, 0.2) is 11.5 Å². The maximum Gasteiger partial charge on any atom is 0.231 e. The first-order chi connectivity index (χ1) is 10.0. The lowest BCUT2D eigenvalue weighted by Gasteiger charge is -2.12. The number of nitrogens with zero attached hydrogens (tertiary/aromatic N) is 2. The summed E-state index contributed by atoms with van der Waals surface area (Å²) in [6.07, 6.45) is 0. The number of halogens is 1. The maximum absolute atomic E-state index is 6.15. The maximum atomic E-state index is 6.15. The van der Waals surface area contributed by atoms with Crippen LogP contribution in [0.4, 0.5) is 0 Å². The summed E-state index contributed by atoms with van der Waals surface area (Å²) >= 11 is 6.15. The molecule has 1 aliphatic rings. The van der Waals surface area contributed by atoms with Crippen molar-refractivity contribution < 1.29 is 14.2 Å². The monoisotopic (exact) mass is 306 g/mol. The number of fused-ring (bicyclic) bond motifs is 1. The second-order valence-electron chi connectivity index (χ2n) is 5.07. The lowest BCUT2D eigenvalue weighted by Crippen LogP contribution is -2.02. The summed E-state index contributed by atoms with van der Waals surface area (Å²) in [6.45, 7) is 6.07. The van der Waals surface area contributed by atoms with Crippen molar-refractivity contribution in [2.24, 2.45) is 0 Å². The van der Waals surface area contributed by atoms with Crippen molar-refractivity contribution in [1.29, 1.82) is 0 Å². The molecule has 0 N–H and O–H groups in total. The van der Waals surface area contributed by atoms with E-state index in [2.05, 4.69) is 9.97 Å². The van der Waals surface area contributed by atoms with Gasteiger partial charge in [-0.15, -0.1) is 0 Å². The Labute approximate surface area is 127 Å². The van der Waals surface area contributed by atoms with Gasteiger partial charge in [-0.2, -0.15) is 4.98 Å². The van der Waals surface area contributed by atoms with Gasteiger partial charge in [0.05, 0.1) is 0 Å². The molecule has 0 spiro atoms. The molecular weight excluding hydrogens is 292 g/mol. The number of hydrogen-bond acceptors (Lipinski definition) is 5. The predicted molar refractivity (Wildman–Crippen MR) is 78.5 cm³/mol. The highest BCUT2D eigenvalue weighted by atomic mass is 35.5. The fraction of sp³-hybridized carbons (Fsp3) is 0.333. The van der Waals surface area contributed by atoms with Gasteiger partial charge in [-0.05, 0) is 19.1 Å². The molecule has 2 heterocycles. The molecule has 0 atom stereocenters. The van der Waals surface area contributed by atoms with E-state index in [4.69, 9.17) is 25.8 Å². The van der Waals surface area contributed by atoms with Crippen molar-refractivity contribution >= 4 is 11.6 Å². The number of hydrogen-bond donors (Lipinski definition) is 0. The predicted octanol–water partition coefficient (Wildman–Crippen LogP) is 4.08. The second kappa shape index (κ2) is 5.41. The third kappa shape index (κ3) is 2.74. The highest BCUT2D eigenvalue weighted by Crippen LogP contribution is 2.37. The molecule has 0 saturated heterocycles. The van der Waals surface area contributed by atoms with E-state index in [1.807, 2.05) is 20.8 Å². The largest absolute Gasteiger partial charge is 0.454 e. The summed E-state index contributed by atoms with van der Waals surface area (Å²) in [4.78, 5) is 8.69. The van der Waals surface area contributed by atoms with Gasteiger partial charge in [0.2, 0.25) is 12.7 Å². The van der Waals surface area contributed by atoms with Crippen LogP contribution in [0, 0.1) is 6.92 Å². The molecule has 0 amide bonds. The standard InChI is InChI=1S/C15H15ClN2O3/c1-8(2)14-17-13(16)9(3)15(18-14)21-10-4-5-11-12(6-10)20-7-19-11/h4-6,8H,7H2,1-3H3. The zero-order valence-corrected chi connectivity index (χ0v) is 12.8. The van der Waals surface area contributed by atoms with Crippen LogP contribution in [0.25, 0.3) is 0 Å². The Morgan fingerprint density at radius 2 is 1.95 bits per heavy atom. The highest BCUT2D eigenvalue weighted by molar-refractivity contribution is 6.30. The van der Waals surface area contributed by atoms with E-state index in [-0.39, 0.29) is 12.7 Å². The molecule has 110 valence electrons. The Morgan fingerprint density at radius 1 is 1.19 bits per heavy atom. The van der Waals surface area contributed by atoms with Crippen LogP contribution >= 0.6 is 11.6 Å². The van der Waals surface area contributed by atoms with Crippen LogP contribution < -0.4 is 14.2 Å². The Kier molecular flexibility index (Phi) is 3.59. The Balaban J connectivity index is 1.94. The fourth-order valence-electron chi connectivity index (χ4n) is 1.90. The van der Waals surface area contributed by atoms with E-state index >= 15 is 0 Å². The molecule has 6 heteroatoms. The Bertz CT molecular complexity index is 689. The number of aromatic nitrogens is 2. The van der Waals surface area contributed by atoms with Gasteiger partial charge < -0.3 is 14.2 Å². The van der Waals surface area contributed by atoms with E-state index < -0.39 is 0 Å². The van der Waals surface area contributed by atoms with Crippen molar-refractivity contribution in [3.63, 3.8) is 0 Å². The quantitative estimate of drug-likeness (QED) is 0.800. The zero-order valence-electron chi connectivity index (χ0n) is 12.0. The number of rotatable bonds is 3. The van der Waals surface area contributed by atoms with Crippen LogP contribution in [0.2, 0.25) is 5.15 Å². The molecule has 1 aromatic heterocycles. The van der Waals surface area contributed by atoms with Gasteiger partial charge in [0.1, 0.15) is 16.7 Å². The molecule has 1 aromatic carbocycles. The SMILES string of the molecule is Cc1c(Cl)nc(C(C)C)nc1Oc1ccc2c(c1)OCO2. The van der Waals surface area contributed by atoms with Crippen molar-refractivity contribution in [2.45, 2.75) is 26.7 Å². The van der Waals surface area contributed by atoms with Crippen LogP contribution in [-0.2, 0) is 0 Å². The minimum Gasteiger partial charge on any atom is -0.454 e. The molecule has 0 aliphatic carbocycles. The molecule has 0 saturated carbocycles. The van der Waals surface area contributed by atoms with Gasteiger partial charge in [-0.3, -0.25) is 0 Å². The normalized spacial score (nSPS) is 12.8. The molecule has 1 aliphatic heterocycles. The first kappa shape index (κ1) is 13.9. The smallest absolute Gasteiger partial charge is 0.231 e.